The third kappa shape index (κ3) is 3.32. The van der Waals surface area contributed by atoms with Gasteiger partial charge in [0.15, 0.2) is 0 Å². The van der Waals surface area contributed by atoms with Gasteiger partial charge in [-0.1, -0.05) is 24.3 Å². The molecule has 2 aromatic rings. The van der Waals surface area contributed by atoms with Gasteiger partial charge in [0, 0.05) is 31.9 Å². The van der Waals surface area contributed by atoms with E-state index < -0.39 is 0 Å². The highest BCUT2D eigenvalue weighted by Gasteiger charge is 2.16. The number of rotatable bonds is 4. The lowest BCUT2D eigenvalue weighted by atomic mass is 10.1. The molecule has 0 N–H and O–H groups in total. The number of hydrogen-bond donors (Lipinski definition) is 0. The van der Waals surface area contributed by atoms with Crippen LogP contribution in [0.15, 0.2) is 24.3 Å². The molecule has 0 radical (unpaired) electrons. The summed E-state index contributed by atoms with van der Waals surface area (Å²) in [4.78, 5) is 14.2. The first kappa shape index (κ1) is 15.3. The van der Waals surface area contributed by atoms with Crippen molar-refractivity contribution in [3.8, 4) is 0 Å². The first-order valence-electron chi connectivity index (χ1n) is 7.17. The number of aryl methyl sites for hydroxylation is 3. The van der Waals surface area contributed by atoms with E-state index in [-0.39, 0.29) is 5.91 Å². The fourth-order valence-corrected chi connectivity index (χ4v) is 2.49. The summed E-state index contributed by atoms with van der Waals surface area (Å²) >= 11 is 0. The van der Waals surface area contributed by atoms with Crippen molar-refractivity contribution in [2.24, 2.45) is 7.05 Å². The summed E-state index contributed by atoms with van der Waals surface area (Å²) in [5.74, 6) is 0.123. The summed E-state index contributed by atoms with van der Waals surface area (Å²) in [5.41, 5.74) is 5.44. The molecular weight excluding hydrogens is 262 g/mol. The van der Waals surface area contributed by atoms with Gasteiger partial charge in [-0.15, -0.1) is 0 Å². The molecule has 0 unspecified atom stereocenters. The van der Waals surface area contributed by atoms with Crippen LogP contribution >= 0.6 is 0 Å². The van der Waals surface area contributed by atoms with Gasteiger partial charge in [-0.25, -0.2) is 0 Å². The first-order chi connectivity index (χ1) is 9.90. The molecule has 0 aliphatic carbocycles. The Morgan fingerprint density at radius 2 is 1.90 bits per heavy atom. The van der Waals surface area contributed by atoms with Crippen molar-refractivity contribution in [2.45, 2.75) is 33.7 Å². The minimum absolute atomic E-state index is 0.123. The van der Waals surface area contributed by atoms with Gasteiger partial charge in [-0.2, -0.15) is 5.10 Å². The lowest BCUT2D eigenvalue weighted by molar-refractivity contribution is -0.129. The van der Waals surface area contributed by atoms with Gasteiger partial charge in [0.05, 0.1) is 12.1 Å². The zero-order valence-corrected chi connectivity index (χ0v) is 13.5. The van der Waals surface area contributed by atoms with Gasteiger partial charge in [-0.3, -0.25) is 9.48 Å². The molecule has 0 atom stereocenters. The first-order valence-corrected chi connectivity index (χ1v) is 7.17. The molecule has 0 saturated carbocycles. The largest absolute Gasteiger partial charge is 0.341 e. The molecule has 1 aromatic heterocycles. The summed E-state index contributed by atoms with van der Waals surface area (Å²) in [7, 11) is 3.77. The van der Waals surface area contributed by atoms with Crippen molar-refractivity contribution in [1.29, 1.82) is 0 Å². The van der Waals surface area contributed by atoms with E-state index in [1.54, 1.807) is 4.90 Å². The maximum atomic E-state index is 12.4. The Kier molecular flexibility index (Phi) is 4.46. The number of carbonyl (C=O) groups is 1. The Balaban J connectivity index is 2.08. The summed E-state index contributed by atoms with van der Waals surface area (Å²) in [6, 6.07) is 8.17. The number of likely N-dealkylation sites (N-methyl/N-ethyl adjacent to an activating group) is 1. The molecule has 1 heterocycles. The van der Waals surface area contributed by atoms with E-state index in [9.17, 15) is 4.79 Å². The average Bonchev–Trinajstić information content (AvgIpc) is 2.67. The van der Waals surface area contributed by atoms with Gasteiger partial charge in [0.1, 0.15) is 0 Å². The van der Waals surface area contributed by atoms with Gasteiger partial charge < -0.3 is 4.90 Å². The minimum atomic E-state index is 0.123. The van der Waals surface area contributed by atoms with Crippen LogP contribution < -0.4 is 0 Å². The second kappa shape index (κ2) is 6.12. The summed E-state index contributed by atoms with van der Waals surface area (Å²) in [6.45, 7) is 6.67. The highest BCUT2D eigenvalue weighted by atomic mass is 16.2. The van der Waals surface area contributed by atoms with Crippen molar-refractivity contribution < 1.29 is 4.79 Å². The van der Waals surface area contributed by atoms with Crippen molar-refractivity contribution in [2.75, 3.05) is 7.05 Å². The van der Waals surface area contributed by atoms with Crippen LogP contribution in [0.3, 0.4) is 0 Å². The van der Waals surface area contributed by atoms with Crippen LogP contribution in [0.2, 0.25) is 0 Å². The SMILES string of the molecule is Cc1ccccc1CN(C)C(=O)Cc1c(C)nn(C)c1C. The molecule has 2 rings (SSSR count). The Morgan fingerprint density at radius 3 is 2.48 bits per heavy atom. The molecule has 0 aliphatic rings. The third-order valence-corrected chi connectivity index (χ3v) is 4.08. The number of aromatic nitrogens is 2. The van der Waals surface area contributed by atoms with E-state index in [1.807, 2.05) is 44.8 Å². The molecule has 4 nitrogen and oxygen atoms in total. The number of benzene rings is 1. The highest BCUT2D eigenvalue weighted by molar-refractivity contribution is 5.79. The molecule has 0 saturated heterocycles. The minimum Gasteiger partial charge on any atom is -0.341 e. The van der Waals surface area contributed by atoms with Crippen LogP contribution in [0, 0.1) is 20.8 Å². The Hall–Kier alpha value is -2.10. The second-order valence-corrected chi connectivity index (χ2v) is 5.63. The van der Waals surface area contributed by atoms with Crippen LogP contribution in [-0.2, 0) is 24.8 Å². The van der Waals surface area contributed by atoms with E-state index in [4.69, 9.17) is 0 Å². The monoisotopic (exact) mass is 285 g/mol. The molecule has 1 amide bonds. The number of hydrogen-bond acceptors (Lipinski definition) is 2. The molecular formula is C17H23N3O. The van der Waals surface area contributed by atoms with Gasteiger partial charge in [-0.05, 0) is 31.9 Å². The van der Waals surface area contributed by atoms with Crippen LogP contribution in [0.5, 0.6) is 0 Å². The summed E-state index contributed by atoms with van der Waals surface area (Å²) < 4.78 is 1.83. The van der Waals surface area contributed by atoms with E-state index in [1.165, 1.54) is 11.1 Å². The average molecular weight is 285 g/mol. The molecule has 112 valence electrons. The predicted octanol–water partition coefficient (Wildman–Crippen LogP) is 2.55. The van der Waals surface area contributed by atoms with Crippen molar-refractivity contribution in [3.05, 3.63) is 52.3 Å². The highest BCUT2D eigenvalue weighted by Crippen LogP contribution is 2.15. The fourth-order valence-electron chi connectivity index (χ4n) is 2.49. The molecule has 1 aromatic carbocycles. The molecule has 4 heteroatoms. The number of nitrogens with zero attached hydrogens (tertiary/aromatic N) is 3. The maximum Gasteiger partial charge on any atom is 0.227 e. The van der Waals surface area contributed by atoms with Gasteiger partial charge >= 0.3 is 0 Å². The third-order valence-electron chi connectivity index (χ3n) is 4.08. The summed E-state index contributed by atoms with van der Waals surface area (Å²) in [6.07, 6.45) is 0.411. The smallest absolute Gasteiger partial charge is 0.227 e. The van der Waals surface area contributed by atoms with E-state index >= 15 is 0 Å². The lowest BCUT2D eigenvalue weighted by Crippen LogP contribution is -2.28. The quantitative estimate of drug-likeness (QED) is 0.866. The number of amides is 1. The predicted molar refractivity (Wildman–Crippen MR) is 84.0 cm³/mol. The zero-order valence-electron chi connectivity index (χ0n) is 13.5. The molecule has 0 aliphatic heterocycles. The van der Waals surface area contributed by atoms with Crippen molar-refractivity contribution in [3.63, 3.8) is 0 Å². The standard InChI is InChI=1S/C17H23N3O/c1-12-8-6-7-9-15(12)11-19(4)17(21)10-16-13(2)18-20(5)14(16)3/h6-9H,10-11H2,1-5H3. The zero-order chi connectivity index (χ0) is 15.6. The normalized spacial score (nSPS) is 10.7. The lowest BCUT2D eigenvalue weighted by Gasteiger charge is -2.18. The van der Waals surface area contributed by atoms with Crippen molar-refractivity contribution >= 4 is 5.91 Å². The Labute approximate surface area is 126 Å². The van der Waals surface area contributed by atoms with Crippen LogP contribution in [0.25, 0.3) is 0 Å². The van der Waals surface area contributed by atoms with Crippen LogP contribution in [0.4, 0.5) is 0 Å². The van der Waals surface area contributed by atoms with Crippen LogP contribution in [0.1, 0.15) is 28.1 Å². The molecule has 0 spiro atoms. The number of carbonyl (C=O) groups excluding carboxylic acids is 1. The van der Waals surface area contributed by atoms with Crippen molar-refractivity contribution in [1.82, 2.24) is 14.7 Å². The van der Waals surface area contributed by atoms with E-state index in [0.29, 0.717) is 13.0 Å². The maximum absolute atomic E-state index is 12.4. The van der Waals surface area contributed by atoms with Gasteiger partial charge in [0.25, 0.3) is 0 Å². The molecule has 0 bridgehead atoms. The fraction of sp³-hybridized carbons (Fsp3) is 0.412. The molecule has 21 heavy (non-hydrogen) atoms. The van der Waals surface area contributed by atoms with Crippen LogP contribution in [-0.4, -0.2) is 27.6 Å². The van der Waals surface area contributed by atoms with E-state index in [2.05, 4.69) is 24.2 Å². The van der Waals surface area contributed by atoms with E-state index in [0.717, 1.165) is 17.0 Å². The van der Waals surface area contributed by atoms with Gasteiger partial charge in [0.2, 0.25) is 5.91 Å². The Morgan fingerprint density at radius 1 is 1.24 bits per heavy atom. The second-order valence-electron chi connectivity index (χ2n) is 5.63. The summed E-state index contributed by atoms with van der Waals surface area (Å²) in [5, 5.41) is 4.37. The molecule has 0 fully saturated rings. The Bertz CT molecular complexity index is 658. The topological polar surface area (TPSA) is 38.1 Å².